The van der Waals surface area contributed by atoms with E-state index >= 15 is 0 Å². The van der Waals surface area contributed by atoms with Gasteiger partial charge >= 0.3 is 16.5 Å². The molecule has 0 aromatic carbocycles. The third kappa shape index (κ3) is 22.5. The summed E-state index contributed by atoms with van der Waals surface area (Å²) >= 11 is 0. The zero-order valence-electron chi connectivity index (χ0n) is 31.9. The van der Waals surface area contributed by atoms with Crippen LogP contribution in [0.1, 0.15) is 72.6 Å². The molecule has 2 rings (SSSR count). The molecule has 14 atom stereocenters. The van der Waals surface area contributed by atoms with Crippen molar-refractivity contribution in [3.8, 4) is 0 Å². The van der Waals surface area contributed by atoms with E-state index in [9.17, 15) is 44.3 Å². The zero-order valence-corrected chi connectivity index (χ0v) is 43.5. The van der Waals surface area contributed by atoms with Crippen LogP contribution in [0, 0.1) is 17.8 Å². The third-order valence-corrected chi connectivity index (χ3v) is 12.3. The predicted octanol–water partition coefficient (Wildman–Crippen LogP) is 2.28. The van der Waals surface area contributed by atoms with Crippen LogP contribution < -0.4 is 0 Å². The monoisotopic (exact) mass is 1070 g/mol. The van der Waals surface area contributed by atoms with Crippen molar-refractivity contribution in [3.63, 3.8) is 0 Å². The Kier molecular flexibility index (Phi) is 37.5. The van der Waals surface area contributed by atoms with Crippen molar-refractivity contribution in [2.45, 2.75) is 127 Å². The fraction of sp³-hybridized carbons (Fsp3) is 1.00. The molecule has 0 amide bonds. The maximum Gasteiger partial charge on any atom is 0.319 e. The Morgan fingerprint density at radius 1 is 0.648 bits per heavy atom. The minimum Gasteiger partial charge on any atom is -0.396 e. The van der Waals surface area contributed by atoms with Gasteiger partial charge in [-0.05, 0) is 44.9 Å². The van der Waals surface area contributed by atoms with Gasteiger partial charge in [0.1, 0.15) is 18.3 Å². The standard InChI is InChI=1S/C31H63O17P3.3Y/c1-20(2)49(38)48-24(18-45-50(39)43-13-9-5-7-11-41-25-15-23(16-32)29(36)27(34)21(25)3)19-46-51(40)44-14-10-6-8-12-42-31-22(4)28(35)30(37)26(17-33)47-31;;;/h20-37,49-51H,5-19H2,1-4H3;;;. The first kappa shape index (κ1) is 59.5. The van der Waals surface area contributed by atoms with Gasteiger partial charge in [-0.3, -0.25) is 13.7 Å². The van der Waals surface area contributed by atoms with Crippen molar-refractivity contribution in [2.24, 2.45) is 17.8 Å². The van der Waals surface area contributed by atoms with E-state index < -0.39 is 85.9 Å². The molecule has 0 aromatic rings. The van der Waals surface area contributed by atoms with Crippen molar-refractivity contribution < 1.29 is 179 Å². The molecule has 1 aliphatic heterocycles. The van der Waals surface area contributed by atoms with Crippen LogP contribution in [0.4, 0.5) is 0 Å². The van der Waals surface area contributed by atoms with E-state index in [2.05, 4.69) is 0 Å². The molecule has 0 aromatic heterocycles. The van der Waals surface area contributed by atoms with Crippen LogP contribution >= 0.6 is 24.5 Å². The first-order valence-corrected chi connectivity index (χ1v) is 21.8. The number of hydrogen-bond acceptors (Lipinski definition) is 17. The smallest absolute Gasteiger partial charge is 0.319 e. The van der Waals surface area contributed by atoms with Crippen molar-refractivity contribution >= 4 is 24.5 Å². The van der Waals surface area contributed by atoms with Gasteiger partial charge in [-0.15, -0.1) is 0 Å². The number of aliphatic hydroxyl groups excluding tert-OH is 6. The van der Waals surface area contributed by atoms with E-state index in [4.69, 9.17) is 36.8 Å². The van der Waals surface area contributed by atoms with Crippen molar-refractivity contribution in [1.29, 1.82) is 0 Å². The van der Waals surface area contributed by atoms with E-state index in [-0.39, 0.29) is 149 Å². The van der Waals surface area contributed by atoms with Gasteiger partial charge in [0.05, 0.1) is 57.5 Å². The average molecular weight is 1070 g/mol. The molecule has 1 heterocycles. The van der Waals surface area contributed by atoms with Crippen LogP contribution in [0.3, 0.4) is 0 Å². The summed E-state index contributed by atoms with van der Waals surface area (Å²) in [5.41, 5.74) is -0.262. The molecule has 1 saturated carbocycles. The Hall–Kier alpha value is 3.44. The second kappa shape index (κ2) is 34.0. The van der Waals surface area contributed by atoms with E-state index in [1.807, 2.05) is 6.92 Å². The third-order valence-electron chi connectivity index (χ3n) is 9.07. The Morgan fingerprint density at radius 3 is 1.65 bits per heavy atom. The molecule has 0 spiro atoms. The van der Waals surface area contributed by atoms with Crippen LogP contribution in [0.5, 0.6) is 0 Å². The maximum absolute atomic E-state index is 12.4. The van der Waals surface area contributed by atoms with Crippen molar-refractivity contribution in [2.75, 3.05) is 52.9 Å². The summed E-state index contributed by atoms with van der Waals surface area (Å²) in [6, 6.07) is 0. The summed E-state index contributed by atoms with van der Waals surface area (Å²) < 4.78 is 80.8. The Balaban J connectivity index is 0. The molecule has 1 saturated heterocycles. The van der Waals surface area contributed by atoms with Crippen LogP contribution in [0.25, 0.3) is 0 Å². The van der Waals surface area contributed by atoms with Gasteiger partial charge in [0.2, 0.25) is 0 Å². The molecule has 14 unspecified atom stereocenters. The van der Waals surface area contributed by atoms with Crippen LogP contribution in [-0.4, -0.2) is 138 Å². The molecule has 54 heavy (non-hydrogen) atoms. The normalized spacial score (nSPS) is 30.7. The molecule has 6 N–H and O–H groups in total. The number of ether oxygens (including phenoxy) is 3. The Labute approximate surface area is 397 Å². The van der Waals surface area contributed by atoms with Gasteiger partial charge in [-0.2, -0.15) is 0 Å². The van der Waals surface area contributed by atoms with E-state index in [1.165, 1.54) is 0 Å². The minimum absolute atomic E-state index is 0. The second-order valence-electron chi connectivity index (χ2n) is 13.5. The molecular weight excluding hydrogens is 1000 g/mol. The van der Waals surface area contributed by atoms with E-state index in [0.717, 1.165) is 6.42 Å². The Bertz CT molecular complexity index is 959. The number of rotatable bonds is 27. The molecule has 3 radical (unpaired) electrons. The summed E-state index contributed by atoms with van der Waals surface area (Å²) in [6.07, 6.45) is -2.71. The quantitative estimate of drug-likeness (QED) is 0.0511. The fourth-order valence-corrected chi connectivity index (χ4v) is 7.77. The molecule has 0 bridgehead atoms. The summed E-state index contributed by atoms with van der Waals surface area (Å²) in [5.74, 6) is -1.16. The minimum atomic E-state index is -2.91. The van der Waals surface area contributed by atoms with Gasteiger partial charge in [-0.1, -0.05) is 27.7 Å². The van der Waals surface area contributed by atoms with Crippen molar-refractivity contribution in [3.05, 3.63) is 0 Å². The molecule has 2 fully saturated rings. The molecule has 1 aliphatic carbocycles. The average Bonchev–Trinajstić information content (AvgIpc) is 3.11. The largest absolute Gasteiger partial charge is 0.396 e. The van der Waals surface area contributed by atoms with Gasteiger partial charge in [0.15, 0.2) is 14.3 Å². The van der Waals surface area contributed by atoms with Crippen LogP contribution in [-0.2, 0) is 149 Å². The van der Waals surface area contributed by atoms with E-state index in [0.29, 0.717) is 51.7 Å². The van der Waals surface area contributed by atoms with E-state index in [1.54, 1.807) is 20.8 Å². The fourth-order valence-electron chi connectivity index (χ4n) is 5.60. The van der Waals surface area contributed by atoms with Gasteiger partial charge in [0, 0.05) is 141 Å². The van der Waals surface area contributed by atoms with Gasteiger partial charge in [-0.25, -0.2) is 0 Å². The summed E-state index contributed by atoms with van der Waals surface area (Å²) in [5, 5.41) is 59.1. The number of unbranched alkanes of at least 4 members (excludes halogenated alkanes) is 4. The van der Waals surface area contributed by atoms with Crippen molar-refractivity contribution in [1.82, 2.24) is 0 Å². The molecule has 313 valence electrons. The summed E-state index contributed by atoms with van der Waals surface area (Å²) in [7, 11) is -8.29. The van der Waals surface area contributed by atoms with Crippen LogP contribution in [0.15, 0.2) is 0 Å². The first-order chi connectivity index (χ1) is 24.3. The Morgan fingerprint density at radius 2 is 1.15 bits per heavy atom. The maximum atomic E-state index is 12.4. The predicted molar refractivity (Wildman–Crippen MR) is 188 cm³/mol. The molecule has 2 aliphatic rings. The topological polar surface area (TPSA) is 246 Å². The van der Waals surface area contributed by atoms with Gasteiger partial charge in [0.25, 0.3) is 0 Å². The molecule has 23 heteroatoms. The zero-order chi connectivity index (χ0) is 37.9. The summed E-state index contributed by atoms with van der Waals surface area (Å²) in [4.78, 5) is 0. The molecule has 17 nitrogen and oxygen atoms in total. The first-order valence-electron chi connectivity index (χ1n) is 17.9. The summed E-state index contributed by atoms with van der Waals surface area (Å²) in [6.45, 7) is 6.86. The second-order valence-corrected chi connectivity index (χ2v) is 17.7. The number of aliphatic hydroxyl groups is 6. The SMILES string of the molecule is CC1C(OCCCCCO[PH](=O)OCC(CO[PH](=O)OCCCCCOC2OC(CO)C(O)C(O)C2C)O[PH](=O)C(C)C)CC(CO)C(O)C1O.[Y].[Y].[Y]. The van der Waals surface area contributed by atoms with Crippen LogP contribution in [0.2, 0.25) is 0 Å². The number of hydrogen-bond donors (Lipinski definition) is 6. The van der Waals surface area contributed by atoms with Gasteiger partial charge < -0.3 is 67.5 Å². The molecular formula is C31H63O17P3Y3.